The molecule has 0 bridgehead atoms. The minimum absolute atomic E-state index is 0.0839. The summed E-state index contributed by atoms with van der Waals surface area (Å²) in [6.45, 7) is 6.87. The summed E-state index contributed by atoms with van der Waals surface area (Å²) in [4.78, 5) is 34.1. The highest BCUT2D eigenvalue weighted by Gasteiger charge is 2.20. The van der Waals surface area contributed by atoms with Crippen LogP contribution in [0.2, 0.25) is 0 Å². The molecule has 1 aliphatic heterocycles. The molecular formula is C39H34N8O3. The van der Waals surface area contributed by atoms with Gasteiger partial charge in [0.15, 0.2) is 11.2 Å². The van der Waals surface area contributed by atoms with E-state index in [0.29, 0.717) is 28.0 Å². The number of hydrogen-bond acceptors (Lipinski definition) is 8. The minimum atomic E-state index is -0.548. The molecule has 248 valence electrons. The number of rotatable bonds is 8. The Kier molecular flexibility index (Phi) is 8.09. The first-order chi connectivity index (χ1) is 24.4. The van der Waals surface area contributed by atoms with E-state index in [1.54, 1.807) is 30.5 Å². The molecule has 1 N–H and O–H groups in total. The summed E-state index contributed by atoms with van der Waals surface area (Å²) in [6, 6.07) is 26.7. The molecule has 11 nitrogen and oxygen atoms in total. The van der Waals surface area contributed by atoms with Gasteiger partial charge < -0.3 is 14.3 Å². The maximum Gasteiger partial charge on any atom is 0.291 e. The second kappa shape index (κ2) is 13.0. The van der Waals surface area contributed by atoms with E-state index in [4.69, 9.17) is 4.42 Å². The zero-order valence-corrected chi connectivity index (χ0v) is 27.7. The van der Waals surface area contributed by atoms with Gasteiger partial charge in [-0.3, -0.25) is 14.5 Å². The maximum atomic E-state index is 13.3. The summed E-state index contributed by atoms with van der Waals surface area (Å²) in [5.74, 6) is -0.276. The molecule has 11 heteroatoms. The normalized spacial score (nSPS) is 13.0. The highest BCUT2D eigenvalue weighted by Crippen LogP contribution is 2.30. The monoisotopic (exact) mass is 662 g/mol. The van der Waals surface area contributed by atoms with Crippen molar-refractivity contribution in [2.75, 3.05) is 18.4 Å². The average Bonchev–Trinajstić information content (AvgIpc) is 3.86. The Bertz CT molecular complexity index is 2410. The quantitative estimate of drug-likeness (QED) is 0.207. The van der Waals surface area contributed by atoms with Gasteiger partial charge in [-0.05, 0) is 108 Å². The smallest absolute Gasteiger partial charge is 0.291 e. The largest absolute Gasteiger partial charge is 0.451 e. The number of aromatic nitrogens is 6. The van der Waals surface area contributed by atoms with Gasteiger partial charge in [-0.1, -0.05) is 30.3 Å². The summed E-state index contributed by atoms with van der Waals surface area (Å²) in [5.41, 5.74) is 9.06. The standard InChI is InChI=1S/C39H34N8O3/c1-25-19-33(34(20-26(25)2)41-39(49)37-22-35(48)32-5-3-4-6-36(32)50-37)38-42-44-47(43-38)30-10-7-27(8-11-30)13-16-45-17-14-28-9-12-31(21-29(28)23-45)46-18-15-40-24-46/h3-12,15,18-22,24H,13-14,16-17,23H2,1-2H3,(H,41,49). The van der Waals surface area contributed by atoms with Crippen LogP contribution < -0.4 is 10.7 Å². The van der Waals surface area contributed by atoms with Crippen LogP contribution in [0.15, 0.2) is 113 Å². The van der Waals surface area contributed by atoms with Crippen LogP contribution in [0.4, 0.5) is 5.69 Å². The van der Waals surface area contributed by atoms with E-state index in [1.165, 1.54) is 27.6 Å². The molecule has 0 fully saturated rings. The molecule has 1 amide bonds. The van der Waals surface area contributed by atoms with E-state index in [2.05, 4.69) is 60.9 Å². The van der Waals surface area contributed by atoms with E-state index in [0.717, 1.165) is 55.0 Å². The summed E-state index contributed by atoms with van der Waals surface area (Å²) >= 11 is 0. The number of aryl methyl sites for hydroxylation is 2. The van der Waals surface area contributed by atoms with Crippen LogP contribution >= 0.6 is 0 Å². The molecule has 0 saturated carbocycles. The van der Waals surface area contributed by atoms with E-state index in [9.17, 15) is 9.59 Å². The van der Waals surface area contributed by atoms with Gasteiger partial charge in [-0.2, -0.15) is 0 Å². The number of carbonyl (C=O) groups is 1. The number of carbonyl (C=O) groups excluding carboxylic acids is 1. The Morgan fingerprint density at radius 2 is 1.74 bits per heavy atom. The third kappa shape index (κ3) is 6.22. The van der Waals surface area contributed by atoms with Crippen LogP contribution in [0, 0.1) is 13.8 Å². The summed E-state index contributed by atoms with van der Waals surface area (Å²) in [5, 5.41) is 16.6. The van der Waals surface area contributed by atoms with Crippen molar-refractivity contribution in [2.24, 2.45) is 0 Å². The number of anilines is 1. The molecule has 0 saturated heterocycles. The number of para-hydroxylation sites is 1. The molecule has 0 atom stereocenters. The molecular weight excluding hydrogens is 628 g/mol. The number of hydrogen-bond donors (Lipinski definition) is 1. The van der Waals surface area contributed by atoms with Gasteiger partial charge in [0.2, 0.25) is 5.82 Å². The molecule has 8 rings (SSSR count). The Morgan fingerprint density at radius 1 is 0.920 bits per heavy atom. The zero-order chi connectivity index (χ0) is 34.2. The van der Waals surface area contributed by atoms with Crippen molar-refractivity contribution in [1.82, 2.24) is 34.7 Å². The lowest BCUT2D eigenvalue weighted by Crippen LogP contribution is -2.32. The fourth-order valence-corrected chi connectivity index (χ4v) is 6.38. The Hall–Kier alpha value is -6.20. The molecule has 50 heavy (non-hydrogen) atoms. The molecule has 3 aromatic heterocycles. The molecule has 7 aromatic rings. The first kappa shape index (κ1) is 31.1. The average molecular weight is 663 g/mol. The van der Waals surface area contributed by atoms with Gasteiger partial charge >= 0.3 is 0 Å². The number of amides is 1. The van der Waals surface area contributed by atoms with Gasteiger partial charge in [0, 0.05) is 49.3 Å². The SMILES string of the molecule is Cc1cc(NC(=O)c2cc(=O)c3ccccc3o2)c(-c2nnn(-c3ccc(CCN4CCc5ccc(-n6ccnc6)cc5C4)cc3)n2)cc1C. The summed E-state index contributed by atoms with van der Waals surface area (Å²) in [6.07, 6.45) is 7.58. The van der Waals surface area contributed by atoms with E-state index < -0.39 is 5.91 Å². The number of imidazole rings is 1. The van der Waals surface area contributed by atoms with Crippen LogP contribution in [0.25, 0.3) is 33.7 Å². The molecule has 0 radical (unpaired) electrons. The second-order valence-corrected chi connectivity index (χ2v) is 12.7. The minimum Gasteiger partial charge on any atom is -0.451 e. The fraction of sp³-hybridized carbons (Fsp3) is 0.179. The topological polar surface area (TPSA) is 124 Å². The van der Waals surface area contributed by atoms with Gasteiger partial charge in [0.05, 0.1) is 23.1 Å². The first-order valence-corrected chi connectivity index (χ1v) is 16.6. The second-order valence-electron chi connectivity index (χ2n) is 12.7. The predicted molar refractivity (Wildman–Crippen MR) is 191 cm³/mol. The molecule has 1 aliphatic rings. The number of fused-ring (bicyclic) bond motifs is 2. The highest BCUT2D eigenvalue weighted by molar-refractivity contribution is 6.05. The predicted octanol–water partition coefficient (Wildman–Crippen LogP) is 6.09. The van der Waals surface area contributed by atoms with Crippen LogP contribution in [0.3, 0.4) is 0 Å². The van der Waals surface area contributed by atoms with Crippen molar-refractivity contribution in [3.05, 3.63) is 147 Å². The third-order valence-corrected chi connectivity index (χ3v) is 9.36. The maximum absolute atomic E-state index is 13.3. The van der Waals surface area contributed by atoms with Crippen molar-refractivity contribution in [2.45, 2.75) is 33.2 Å². The molecule has 0 aliphatic carbocycles. The lowest BCUT2D eigenvalue weighted by Gasteiger charge is -2.29. The molecule has 0 spiro atoms. The molecule has 0 unspecified atom stereocenters. The van der Waals surface area contributed by atoms with Crippen molar-refractivity contribution in [1.29, 1.82) is 0 Å². The first-order valence-electron chi connectivity index (χ1n) is 16.6. The molecule has 4 heterocycles. The third-order valence-electron chi connectivity index (χ3n) is 9.36. The van der Waals surface area contributed by atoms with Gasteiger partial charge in [-0.25, -0.2) is 4.98 Å². The van der Waals surface area contributed by atoms with Crippen molar-refractivity contribution < 1.29 is 9.21 Å². The number of nitrogens with one attached hydrogen (secondary N) is 1. The van der Waals surface area contributed by atoms with Crippen LogP contribution in [0.1, 0.15) is 38.4 Å². The Balaban J connectivity index is 0.956. The fourth-order valence-electron chi connectivity index (χ4n) is 6.38. The van der Waals surface area contributed by atoms with Gasteiger partial charge in [-0.15, -0.1) is 15.0 Å². The highest BCUT2D eigenvalue weighted by atomic mass is 16.3. The lowest BCUT2D eigenvalue weighted by atomic mass is 9.98. The van der Waals surface area contributed by atoms with Crippen molar-refractivity contribution >= 4 is 22.6 Å². The van der Waals surface area contributed by atoms with E-state index >= 15 is 0 Å². The zero-order valence-electron chi connectivity index (χ0n) is 27.7. The number of nitrogens with zero attached hydrogens (tertiary/aromatic N) is 7. The van der Waals surface area contributed by atoms with Crippen LogP contribution in [0.5, 0.6) is 0 Å². The molecule has 4 aromatic carbocycles. The number of tetrazole rings is 1. The number of benzene rings is 4. The van der Waals surface area contributed by atoms with Crippen LogP contribution in [-0.2, 0) is 19.4 Å². The summed E-state index contributed by atoms with van der Waals surface area (Å²) in [7, 11) is 0. The Morgan fingerprint density at radius 3 is 2.58 bits per heavy atom. The lowest BCUT2D eigenvalue weighted by molar-refractivity contribution is 0.0997. The van der Waals surface area contributed by atoms with Crippen LogP contribution in [-0.4, -0.2) is 53.7 Å². The van der Waals surface area contributed by atoms with Gasteiger partial charge in [0.25, 0.3) is 5.91 Å². The van der Waals surface area contributed by atoms with Crippen molar-refractivity contribution in [3.63, 3.8) is 0 Å². The Labute approximate surface area is 287 Å². The summed E-state index contributed by atoms with van der Waals surface area (Å²) < 4.78 is 7.81. The van der Waals surface area contributed by atoms with E-state index in [-0.39, 0.29) is 11.2 Å². The van der Waals surface area contributed by atoms with Crippen molar-refractivity contribution in [3.8, 4) is 22.8 Å². The van der Waals surface area contributed by atoms with E-state index in [1.807, 2.05) is 55.2 Å². The van der Waals surface area contributed by atoms with Gasteiger partial charge in [0.1, 0.15) is 5.58 Å².